The third-order valence-corrected chi connectivity index (χ3v) is 13.4. The summed E-state index contributed by atoms with van der Waals surface area (Å²) in [7, 11) is 0. The molecular weight excluding hydrogens is 928 g/mol. The first-order valence-electron chi connectivity index (χ1n) is 24.7. The molecule has 1 atom stereocenters. The van der Waals surface area contributed by atoms with Gasteiger partial charge in [0.2, 0.25) is 11.8 Å². The molecule has 0 bridgehead atoms. The van der Waals surface area contributed by atoms with Crippen LogP contribution in [0, 0.1) is 0 Å². The third-order valence-electron chi connectivity index (χ3n) is 13.4. The van der Waals surface area contributed by atoms with Crippen molar-refractivity contribution in [3.8, 4) is 11.4 Å². The lowest BCUT2D eigenvalue weighted by Gasteiger charge is -2.31. The Kier molecular flexibility index (Phi) is 16.1. The van der Waals surface area contributed by atoms with Gasteiger partial charge in [-0.15, -0.1) is 0 Å². The summed E-state index contributed by atoms with van der Waals surface area (Å²) >= 11 is 0. The molecule has 1 unspecified atom stereocenters. The van der Waals surface area contributed by atoms with Crippen LogP contribution in [-0.4, -0.2) is 72.9 Å². The number of ketones is 2. The van der Waals surface area contributed by atoms with Gasteiger partial charge < -0.3 is 4.90 Å². The van der Waals surface area contributed by atoms with Gasteiger partial charge in [-0.3, -0.25) is 33.7 Å². The smallest absolute Gasteiger partial charge is 0.334 e. The summed E-state index contributed by atoms with van der Waals surface area (Å²) in [5.41, 5.74) is 12.1. The number of hydrogen-bond donors (Lipinski definition) is 0. The Morgan fingerprint density at radius 1 is 0.597 bits per heavy atom. The summed E-state index contributed by atoms with van der Waals surface area (Å²) in [5, 5.41) is 0. The van der Waals surface area contributed by atoms with Gasteiger partial charge in [0.05, 0.1) is 71.6 Å². The minimum absolute atomic E-state index is 0.00477. The van der Waals surface area contributed by atoms with Crippen LogP contribution >= 0.6 is 0 Å². The van der Waals surface area contributed by atoms with Crippen molar-refractivity contribution in [3.63, 3.8) is 0 Å². The second kappa shape index (κ2) is 21.7. The molecule has 2 aromatic carbocycles. The van der Waals surface area contributed by atoms with Crippen LogP contribution in [0.5, 0.6) is 0 Å². The number of aromatic nitrogens is 3. The van der Waals surface area contributed by atoms with Crippen LogP contribution in [0.15, 0.2) is 89.2 Å². The normalized spacial score (nSPS) is 16.8. The molecule has 0 aliphatic carbocycles. The number of aliphatic imine (C=N–C) groups is 2. The van der Waals surface area contributed by atoms with Crippen LogP contribution in [0.4, 0.5) is 33.3 Å². The molecular formula is C57H63F5N6O4. The molecule has 1 fully saturated rings. The fourth-order valence-corrected chi connectivity index (χ4v) is 9.32. The number of pyridine rings is 2. The van der Waals surface area contributed by atoms with Gasteiger partial charge in [0, 0.05) is 38.0 Å². The van der Waals surface area contributed by atoms with Gasteiger partial charge in [0.25, 0.3) is 5.92 Å². The first-order valence-corrected chi connectivity index (χ1v) is 24.7. The lowest BCUT2D eigenvalue weighted by atomic mass is 9.93. The van der Waals surface area contributed by atoms with Crippen molar-refractivity contribution in [2.45, 2.75) is 155 Å². The first-order chi connectivity index (χ1) is 33.8. The number of Topliss-reactive ketones (excluding diaryl/α,β-unsaturated/α-hetero) is 2. The highest BCUT2D eigenvalue weighted by Gasteiger charge is 2.37. The van der Waals surface area contributed by atoms with Crippen LogP contribution in [0.1, 0.15) is 173 Å². The fraction of sp³-hybridized carbons (Fsp3) is 0.439. The van der Waals surface area contributed by atoms with Crippen molar-refractivity contribution >= 4 is 46.2 Å². The van der Waals surface area contributed by atoms with E-state index in [-0.39, 0.29) is 42.2 Å². The number of rotatable bonds is 7. The molecule has 0 N–H and O–H groups in total. The second-order valence-electron chi connectivity index (χ2n) is 20.6. The Hall–Kier alpha value is -6.51. The molecule has 1 saturated heterocycles. The van der Waals surface area contributed by atoms with E-state index in [9.17, 15) is 41.1 Å². The zero-order valence-electron chi connectivity index (χ0n) is 42.5. The number of halogens is 5. The number of nitrogens with zero attached hydrogens (tertiary/aromatic N) is 6. The van der Waals surface area contributed by atoms with Crippen LogP contribution in [-0.2, 0) is 40.1 Å². The Morgan fingerprint density at radius 3 is 1.62 bits per heavy atom. The van der Waals surface area contributed by atoms with E-state index < -0.39 is 36.4 Å². The van der Waals surface area contributed by atoms with Gasteiger partial charge in [0.15, 0.2) is 11.6 Å². The molecule has 0 radical (unpaired) electrons. The van der Waals surface area contributed by atoms with E-state index in [0.29, 0.717) is 53.5 Å². The highest BCUT2D eigenvalue weighted by atomic mass is 19.4. The maximum atomic E-state index is 13.0. The second-order valence-corrected chi connectivity index (χ2v) is 20.6. The number of hydrogen-bond acceptors (Lipinski definition) is 8. The van der Waals surface area contributed by atoms with Gasteiger partial charge >= 0.3 is 6.18 Å². The maximum Gasteiger partial charge on any atom is 0.394 e. The third kappa shape index (κ3) is 12.7. The molecule has 5 aliphatic rings. The van der Waals surface area contributed by atoms with Gasteiger partial charge in [-0.05, 0) is 112 Å². The lowest BCUT2D eigenvalue weighted by Crippen LogP contribution is -2.37. The number of fused-ring (bicyclic) bond motifs is 8. The number of alkyl halides is 5. The van der Waals surface area contributed by atoms with Crippen molar-refractivity contribution in [3.05, 3.63) is 129 Å². The molecule has 5 aromatic rings. The fourth-order valence-electron chi connectivity index (χ4n) is 9.32. The summed E-state index contributed by atoms with van der Waals surface area (Å²) in [6.07, 6.45) is 2.82. The standard InChI is InChI=1S/C15H17F2NO.C14H14F3NO.C14H18N2O.C14H14N2O/c1-9(2)10-4-5-12-11(6-10)7-14(19)13(18-12)8-15(3,16)17;1-8(2)9-3-4-11-10(5-9)6-13(19)12(18-11)7-14(15,16)17;2*1-9(2)11-6-10-7-13(17)16-5-3-4-12(16)14(10)15-8-11/h4-6,9H,7-8H2,1-3H3;3-5,8H,6-7H2,1-2H3;6,8-9,12H,3-5,7H2,1-2H3;3-6,8-9H,7H2,1-2H3. The quantitative estimate of drug-likeness (QED) is 0.149. The predicted octanol–water partition coefficient (Wildman–Crippen LogP) is 13.3. The Morgan fingerprint density at radius 2 is 1.10 bits per heavy atom. The monoisotopic (exact) mass is 990 g/mol. The molecule has 1 amide bonds. The van der Waals surface area contributed by atoms with E-state index in [1.165, 1.54) is 11.1 Å². The van der Waals surface area contributed by atoms with Crippen LogP contribution < -0.4 is 0 Å². The molecule has 5 aliphatic heterocycles. The van der Waals surface area contributed by atoms with Crippen LogP contribution in [0.25, 0.3) is 11.4 Å². The van der Waals surface area contributed by atoms with Gasteiger partial charge in [0.1, 0.15) is 0 Å². The summed E-state index contributed by atoms with van der Waals surface area (Å²) in [5.74, 6) is -1.74. The first kappa shape index (κ1) is 53.3. The summed E-state index contributed by atoms with van der Waals surface area (Å²) in [6, 6.07) is 19.5. The maximum absolute atomic E-state index is 13.0. The van der Waals surface area contributed by atoms with Gasteiger partial charge in [-0.25, -0.2) is 18.8 Å². The molecule has 15 heteroatoms. The van der Waals surface area contributed by atoms with Crippen molar-refractivity contribution in [2.75, 3.05) is 6.54 Å². The highest BCUT2D eigenvalue weighted by molar-refractivity contribution is 6.42. The molecule has 0 spiro atoms. The number of carbonyl (C=O) groups is 4. The molecule has 10 nitrogen and oxygen atoms in total. The molecule has 10 rings (SSSR count). The van der Waals surface area contributed by atoms with Gasteiger partial charge in [-0.1, -0.05) is 91.8 Å². The SMILES string of the molecule is CC(C)c1ccc2c(c1)CC(=O)C(CC(C)(F)F)=N2.CC(C)c1ccc2c(c1)CC(=O)C(CC(F)(F)F)=N2.CC(C)c1cnc2c(c1)CC(=O)N1CCCC21.CC(C)c1cnc2c(c1)CC(=O)n1cccc1-2. The average molecular weight is 991 g/mol. The van der Waals surface area contributed by atoms with Gasteiger partial charge in [-0.2, -0.15) is 13.2 Å². The van der Waals surface area contributed by atoms with Crippen LogP contribution in [0.3, 0.4) is 0 Å². The van der Waals surface area contributed by atoms with E-state index in [0.717, 1.165) is 71.2 Å². The molecule has 3 aromatic heterocycles. The predicted molar refractivity (Wildman–Crippen MR) is 270 cm³/mol. The minimum atomic E-state index is -4.40. The van der Waals surface area contributed by atoms with E-state index >= 15 is 0 Å². The topological polar surface area (TPSA) is 127 Å². The van der Waals surface area contributed by atoms with E-state index in [4.69, 9.17) is 0 Å². The lowest BCUT2D eigenvalue weighted by molar-refractivity contribution is -0.132. The Balaban J connectivity index is 0.000000141. The van der Waals surface area contributed by atoms with E-state index in [2.05, 4.69) is 73.6 Å². The molecule has 72 heavy (non-hydrogen) atoms. The summed E-state index contributed by atoms with van der Waals surface area (Å²) < 4.78 is 64.7. The zero-order valence-corrected chi connectivity index (χ0v) is 42.5. The van der Waals surface area contributed by atoms with Crippen molar-refractivity contribution in [2.24, 2.45) is 9.98 Å². The van der Waals surface area contributed by atoms with Crippen molar-refractivity contribution in [1.82, 2.24) is 19.4 Å². The number of amides is 1. The van der Waals surface area contributed by atoms with Crippen molar-refractivity contribution < 1.29 is 41.1 Å². The number of carbonyl (C=O) groups excluding carboxylic acids is 4. The van der Waals surface area contributed by atoms with Crippen molar-refractivity contribution in [1.29, 1.82) is 0 Å². The Bertz CT molecular complexity index is 2840. The summed E-state index contributed by atoms with van der Waals surface area (Å²) in [4.78, 5) is 66.6. The van der Waals surface area contributed by atoms with E-state index in [1.807, 2.05) is 73.6 Å². The molecule has 8 heterocycles. The highest BCUT2D eigenvalue weighted by Crippen LogP contribution is 2.38. The van der Waals surface area contributed by atoms with E-state index in [1.54, 1.807) is 16.8 Å². The zero-order chi connectivity index (χ0) is 52.4. The average Bonchev–Trinajstić information content (AvgIpc) is 4.01. The Labute approximate surface area is 418 Å². The largest absolute Gasteiger partial charge is 0.394 e. The minimum Gasteiger partial charge on any atom is -0.334 e. The number of benzene rings is 2. The summed E-state index contributed by atoms with van der Waals surface area (Å²) in [6.45, 7) is 18.5. The molecule has 0 saturated carbocycles. The molecule has 380 valence electrons. The van der Waals surface area contributed by atoms with Crippen LogP contribution in [0.2, 0.25) is 0 Å².